The Morgan fingerprint density at radius 2 is 1.92 bits per heavy atom. The molecule has 7 nitrogen and oxygen atoms in total. The lowest BCUT2D eigenvalue weighted by atomic mass is 10.1. The summed E-state index contributed by atoms with van der Waals surface area (Å²) in [5, 5.41) is 11.1. The molecule has 1 N–H and O–H groups in total. The van der Waals surface area contributed by atoms with Crippen LogP contribution in [0.5, 0.6) is 0 Å². The number of hydrogen-bond donors (Lipinski definition) is 1. The molecule has 0 saturated heterocycles. The summed E-state index contributed by atoms with van der Waals surface area (Å²) in [7, 11) is 0. The third-order valence-electron chi connectivity index (χ3n) is 5.58. The molecule has 0 aliphatic heterocycles. The molecule has 3 heterocycles. The van der Waals surface area contributed by atoms with Gasteiger partial charge in [-0.2, -0.15) is 10.2 Å². The molecule has 0 aliphatic carbocycles. The summed E-state index contributed by atoms with van der Waals surface area (Å²) in [4.78, 5) is 17.5. The Bertz CT molecular complexity index is 1560. The Morgan fingerprint density at radius 3 is 2.64 bits per heavy atom. The van der Waals surface area contributed by atoms with E-state index in [4.69, 9.17) is 11.6 Å². The highest BCUT2D eigenvalue weighted by molar-refractivity contribution is 6.31. The van der Waals surface area contributed by atoms with E-state index in [1.807, 2.05) is 19.1 Å². The van der Waals surface area contributed by atoms with Gasteiger partial charge in [0.15, 0.2) is 11.5 Å². The van der Waals surface area contributed by atoms with Gasteiger partial charge in [-0.1, -0.05) is 47.5 Å². The zero-order valence-electron chi connectivity index (χ0n) is 18.8. The Balaban J connectivity index is 1.44. The average Bonchev–Trinajstić information content (AvgIpc) is 3.48. The molecule has 1 amide bonds. The van der Waals surface area contributed by atoms with E-state index in [0.29, 0.717) is 11.3 Å². The molecule has 0 aliphatic rings. The highest BCUT2D eigenvalue weighted by atomic mass is 35.5. The number of anilines is 1. The average molecular weight is 511 g/mol. The van der Waals surface area contributed by atoms with Crippen molar-refractivity contribution in [2.24, 2.45) is 0 Å². The molecule has 2 aromatic carbocycles. The van der Waals surface area contributed by atoms with Crippen molar-refractivity contribution in [3.05, 3.63) is 100 Å². The molecule has 0 saturated carbocycles. The number of rotatable bonds is 6. The Morgan fingerprint density at radius 1 is 1.14 bits per heavy atom. The van der Waals surface area contributed by atoms with Crippen molar-refractivity contribution in [3.63, 3.8) is 0 Å². The van der Waals surface area contributed by atoms with Crippen LogP contribution in [0.25, 0.3) is 16.9 Å². The molecule has 182 valence electrons. The number of aromatic nitrogens is 5. The summed E-state index contributed by atoms with van der Waals surface area (Å²) >= 11 is 6.07. The van der Waals surface area contributed by atoms with Crippen molar-refractivity contribution in [2.45, 2.75) is 19.9 Å². The minimum Gasteiger partial charge on any atom is -0.305 e. The van der Waals surface area contributed by atoms with Crippen molar-refractivity contribution >= 4 is 29.0 Å². The predicted octanol–water partition coefficient (Wildman–Crippen LogP) is 5.93. The maximum absolute atomic E-state index is 14.1. The van der Waals surface area contributed by atoms with E-state index >= 15 is 0 Å². The van der Waals surface area contributed by atoms with Gasteiger partial charge in [0.2, 0.25) is 0 Å². The summed E-state index contributed by atoms with van der Waals surface area (Å²) in [6, 6.07) is 14.4. The molecule has 0 spiro atoms. The van der Waals surface area contributed by atoms with Gasteiger partial charge < -0.3 is 5.32 Å². The van der Waals surface area contributed by atoms with Gasteiger partial charge in [-0.3, -0.25) is 9.48 Å². The van der Waals surface area contributed by atoms with E-state index in [2.05, 4.69) is 20.5 Å². The van der Waals surface area contributed by atoms with E-state index in [-0.39, 0.29) is 39.9 Å². The van der Waals surface area contributed by atoms with Crippen LogP contribution < -0.4 is 5.32 Å². The second-order valence-electron chi connectivity index (χ2n) is 8.08. The zero-order valence-corrected chi connectivity index (χ0v) is 19.5. The van der Waals surface area contributed by atoms with E-state index in [1.54, 1.807) is 24.4 Å². The van der Waals surface area contributed by atoms with Crippen LogP contribution in [0, 0.1) is 12.7 Å². The minimum atomic E-state index is -2.84. The van der Waals surface area contributed by atoms with Crippen molar-refractivity contribution in [1.29, 1.82) is 0 Å². The summed E-state index contributed by atoms with van der Waals surface area (Å²) in [6.45, 7) is 1.97. The number of nitrogens with one attached hydrogen (secondary N) is 1. The number of fused-ring (bicyclic) bond motifs is 1. The van der Waals surface area contributed by atoms with Crippen LogP contribution in [-0.4, -0.2) is 30.3 Å². The third-order valence-corrected chi connectivity index (χ3v) is 5.93. The number of carbonyl (C=O) groups is 1. The second-order valence-corrected chi connectivity index (χ2v) is 8.49. The zero-order chi connectivity index (χ0) is 25.4. The summed E-state index contributed by atoms with van der Waals surface area (Å²) in [6.07, 6.45) is -0.105. The maximum Gasteiger partial charge on any atom is 0.280 e. The molecule has 0 atom stereocenters. The van der Waals surface area contributed by atoms with E-state index in [1.165, 1.54) is 35.1 Å². The number of nitrogens with zero attached hydrogens (tertiary/aromatic N) is 5. The lowest BCUT2D eigenvalue weighted by Gasteiger charge is -2.09. The standard InChI is InChI=1S/C25H18ClF3N6O/c1-14-5-7-15(8-6-14)20-11-21(23(28)29)35-24(31-20)16(12-30-35)25(36)32-22-9-10-34(33-22)13-17-18(26)3-2-4-19(17)27/h2-12,23H,13H2,1H3,(H,32,33,36). The molecule has 0 unspecified atom stereocenters. The van der Waals surface area contributed by atoms with Gasteiger partial charge in [-0.25, -0.2) is 22.7 Å². The van der Waals surface area contributed by atoms with Crippen LogP contribution >= 0.6 is 11.6 Å². The number of carbonyl (C=O) groups excluding carboxylic acids is 1. The third kappa shape index (κ3) is 4.55. The first kappa shape index (κ1) is 23.6. The van der Waals surface area contributed by atoms with Crippen molar-refractivity contribution < 1.29 is 18.0 Å². The van der Waals surface area contributed by atoms with Gasteiger partial charge in [-0.05, 0) is 25.1 Å². The fourth-order valence-corrected chi connectivity index (χ4v) is 3.94. The topological polar surface area (TPSA) is 77.1 Å². The Hall–Kier alpha value is -4.18. The van der Waals surface area contributed by atoms with Gasteiger partial charge in [0.05, 0.1) is 18.4 Å². The highest BCUT2D eigenvalue weighted by Crippen LogP contribution is 2.27. The molecule has 5 rings (SSSR count). The number of alkyl halides is 2. The second kappa shape index (κ2) is 9.46. The molecule has 3 aromatic heterocycles. The molecule has 36 heavy (non-hydrogen) atoms. The lowest BCUT2D eigenvalue weighted by Crippen LogP contribution is -2.14. The lowest BCUT2D eigenvalue weighted by molar-refractivity contribution is 0.102. The van der Waals surface area contributed by atoms with Crippen LogP contribution in [0.4, 0.5) is 19.0 Å². The van der Waals surface area contributed by atoms with Crippen molar-refractivity contribution in [1.82, 2.24) is 24.4 Å². The molecule has 11 heteroatoms. The number of hydrogen-bond acceptors (Lipinski definition) is 4. The van der Waals surface area contributed by atoms with Crippen LogP contribution in [0.1, 0.15) is 33.6 Å². The molecule has 0 radical (unpaired) electrons. The molecule has 0 bridgehead atoms. The van der Waals surface area contributed by atoms with Crippen molar-refractivity contribution in [3.8, 4) is 11.3 Å². The van der Waals surface area contributed by atoms with Crippen LogP contribution in [0.3, 0.4) is 0 Å². The van der Waals surface area contributed by atoms with E-state index in [9.17, 15) is 18.0 Å². The monoisotopic (exact) mass is 510 g/mol. The predicted molar refractivity (Wildman–Crippen MR) is 129 cm³/mol. The summed E-state index contributed by atoms with van der Waals surface area (Å²) < 4.78 is 44.1. The molecule has 5 aromatic rings. The van der Waals surface area contributed by atoms with Crippen LogP contribution in [0.2, 0.25) is 5.02 Å². The van der Waals surface area contributed by atoms with Gasteiger partial charge in [-0.15, -0.1) is 0 Å². The fourth-order valence-electron chi connectivity index (χ4n) is 3.72. The maximum atomic E-state index is 14.1. The fraction of sp³-hybridized carbons (Fsp3) is 0.120. The van der Waals surface area contributed by atoms with Gasteiger partial charge in [0, 0.05) is 28.4 Å². The number of halogens is 4. The molecular formula is C25H18ClF3N6O. The SMILES string of the molecule is Cc1ccc(-c2cc(C(F)F)n3ncc(C(=O)Nc4ccn(Cc5c(F)cccc5Cl)n4)c3n2)cc1. The first-order chi connectivity index (χ1) is 17.3. The Kier molecular flexibility index (Phi) is 6.19. The number of aryl methyl sites for hydroxylation is 1. The largest absolute Gasteiger partial charge is 0.305 e. The van der Waals surface area contributed by atoms with Gasteiger partial charge >= 0.3 is 0 Å². The number of benzene rings is 2. The van der Waals surface area contributed by atoms with Crippen molar-refractivity contribution in [2.75, 3.05) is 5.32 Å². The summed E-state index contributed by atoms with van der Waals surface area (Å²) in [5.41, 5.74) is 1.78. The van der Waals surface area contributed by atoms with Gasteiger partial charge in [0.1, 0.15) is 17.1 Å². The van der Waals surface area contributed by atoms with E-state index in [0.717, 1.165) is 10.1 Å². The Labute approximate surface area is 208 Å². The molecule has 0 fully saturated rings. The highest BCUT2D eigenvalue weighted by Gasteiger charge is 2.22. The summed E-state index contributed by atoms with van der Waals surface area (Å²) in [5.74, 6) is -0.927. The smallest absolute Gasteiger partial charge is 0.280 e. The van der Waals surface area contributed by atoms with E-state index < -0.39 is 18.1 Å². The first-order valence-corrected chi connectivity index (χ1v) is 11.2. The normalized spacial score (nSPS) is 11.4. The van der Waals surface area contributed by atoms with Crippen LogP contribution in [-0.2, 0) is 6.54 Å². The van der Waals surface area contributed by atoms with Crippen LogP contribution in [0.15, 0.2) is 67.0 Å². The first-order valence-electron chi connectivity index (χ1n) is 10.8. The number of amides is 1. The van der Waals surface area contributed by atoms with Gasteiger partial charge in [0.25, 0.3) is 12.3 Å². The minimum absolute atomic E-state index is 0.00226. The molecular weight excluding hydrogens is 493 g/mol. The quantitative estimate of drug-likeness (QED) is 0.307.